The van der Waals surface area contributed by atoms with E-state index in [1.807, 2.05) is 6.20 Å². The van der Waals surface area contributed by atoms with Gasteiger partial charge >= 0.3 is 0 Å². The Morgan fingerprint density at radius 1 is 1.27 bits per heavy atom. The van der Waals surface area contributed by atoms with Gasteiger partial charge in [-0.3, -0.25) is 14.6 Å². The topological polar surface area (TPSA) is 67.1 Å². The molecule has 0 aliphatic carbocycles. The molecule has 3 heterocycles. The summed E-state index contributed by atoms with van der Waals surface area (Å²) in [6.45, 7) is 6.35. The van der Waals surface area contributed by atoms with E-state index in [4.69, 9.17) is 0 Å². The molecule has 1 aliphatic rings. The molecule has 6 heteroatoms. The summed E-state index contributed by atoms with van der Waals surface area (Å²) < 4.78 is 1.64. The van der Waals surface area contributed by atoms with Gasteiger partial charge in [0, 0.05) is 38.6 Å². The number of aromatic nitrogens is 4. The van der Waals surface area contributed by atoms with Gasteiger partial charge in [0.25, 0.3) is 0 Å². The summed E-state index contributed by atoms with van der Waals surface area (Å²) in [4.78, 5) is 10.9. The normalized spacial score (nSPS) is 17.7. The molecule has 0 amide bonds. The van der Waals surface area contributed by atoms with E-state index in [1.165, 1.54) is 11.9 Å². The molecular weight excluding hydrogens is 278 g/mol. The van der Waals surface area contributed by atoms with Gasteiger partial charge in [0.05, 0.1) is 0 Å². The molecule has 0 spiro atoms. The maximum absolute atomic E-state index is 10.6. The van der Waals surface area contributed by atoms with Gasteiger partial charge in [-0.1, -0.05) is 19.9 Å². The molecule has 1 N–H and O–H groups in total. The summed E-state index contributed by atoms with van der Waals surface area (Å²) >= 11 is 0. The highest BCUT2D eigenvalue weighted by atomic mass is 16.3. The van der Waals surface area contributed by atoms with Crippen molar-refractivity contribution in [3.05, 3.63) is 41.7 Å². The Morgan fingerprint density at radius 2 is 2.05 bits per heavy atom. The molecule has 0 bridgehead atoms. The number of aliphatic hydroxyl groups is 1. The third kappa shape index (κ3) is 3.03. The van der Waals surface area contributed by atoms with Crippen molar-refractivity contribution in [2.75, 3.05) is 13.1 Å². The highest BCUT2D eigenvalue weighted by molar-refractivity contribution is 5.17. The summed E-state index contributed by atoms with van der Waals surface area (Å²) in [6.07, 6.45) is 4.43. The lowest BCUT2D eigenvalue weighted by Gasteiger charge is -2.45. The maximum Gasteiger partial charge on any atom is 0.161 e. The van der Waals surface area contributed by atoms with Gasteiger partial charge in [0.15, 0.2) is 5.82 Å². The van der Waals surface area contributed by atoms with Crippen molar-refractivity contribution < 1.29 is 5.11 Å². The largest absolute Gasteiger partial charge is 0.379 e. The third-order valence-corrected chi connectivity index (χ3v) is 4.01. The van der Waals surface area contributed by atoms with Crippen LogP contribution < -0.4 is 0 Å². The Balaban J connectivity index is 1.57. The Kier molecular flexibility index (Phi) is 3.97. The SMILES string of the molecule is CC(C)Cc1ccc(CN2CC(O)(c3ncnn3C)C2)cn1. The second-order valence-corrected chi connectivity index (χ2v) is 6.64. The van der Waals surface area contributed by atoms with Gasteiger partial charge in [-0.05, 0) is 24.0 Å². The highest BCUT2D eigenvalue weighted by Gasteiger charge is 2.45. The zero-order valence-electron chi connectivity index (χ0n) is 13.4. The lowest BCUT2D eigenvalue weighted by molar-refractivity contribution is -0.115. The molecule has 0 radical (unpaired) electrons. The van der Waals surface area contributed by atoms with Crippen LogP contribution in [0.2, 0.25) is 0 Å². The van der Waals surface area contributed by atoms with Gasteiger partial charge in [-0.15, -0.1) is 0 Å². The van der Waals surface area contributed by atoms with Crippen molar-refractivity contribution in [2.45, 2.75) is 32.4 Å². The number of pyridine rings is 1. The lowest BCUT2D eigenvalue weighted by atomic mass is 9.92. The minimum absolute atomic E-state index is 0.577. The van der Waals surface area contributed by atoms with E-state index in [0.717, 1.165) is 18.7 Å². The van der Waals surface area contributed by atoms with Crippen LogP contribution in [0.25, 0.3) is 0 Å². The number of hydrogen-bond donors (Lipinski definition) is 1. The smallest absolute Gasteiger partial charge is 0.161 e. The Hall–Kier alpha value is -1.79. The molecule has 3 rings (SSSR count). The fourth-order valence-electron chi connectivity index (χ4n) is 3.01. The number of hydrogen-bond acceptors (Lipinski definition) is 5. The number of β-amino-alcohol motifs (C(OH)–C–C–N with tert-alkyl or cyclic N) is 1. The number of nitrogens with zero attached hydrogens (tertiary/aromatic N) is 5. The number of likely N-dealkylation sites (tertiary alicyclic amines) is 1. The fraction of sp³-hybridized carbons (Fsp3) is 0.562. The number of aryl methyl sites for hydroxylation is 1. The summed E-state index contributed by atoms with van der Waals surface area (Å²) in [5.74, 6) is 1.25. The molecule has 0 unspecified atom stereocenters. The quantitative estimate of drug-likeness (QED) is 0.896. The van der Waals surface area contributed by atoms with Crippen molar-refractivity contribution in [2.24, 2.45) is 13.0 Å². The summed E-state index contributed by atoms with van der Waals surface area (Å²) in [6, 6.07) is 4.23. The minimum Gasteiger partial charge on any atom is -0.379 e. The zero-order valence-corrected chi connectivity index (χ0v) is 13.4. The predicted octanol–water partition coefficient (Wildman–Crippen LogP) is 1.11. The lowest BCUT2D eigenvalue weighted by Crippen LogP contribution is -2.59. The van der Waals surface area contributed by atoms with Crippen molar-refractivity contribution in [3.8, 4) is 0 Å². The molecular formula is C16H23N5O. The van der Waals surface area contributed by atoms with Crippen LogP contribution in [-0.4, -0.2) is 42.8 Å². The van der Waals surface area contributed by atoms with Crippen LogP contribution in [0.1, 0.15) is 30.9 Å². The van der Waals surface area contributed by atoms with Crippen LogP contribution in [-0.2, 0) is 25.6 Å². The molecule has 6 nitrogen and oxygen atoms in total. The van der Waals surface area contributed by atoms with E-state index < -0.39 is 5.60 Å². The number of rotatable bonds is 5. The van der Waals surface area contributed by atoms with Crippen molar-refractivity contribution in [3.63, 3.8) is 0 Å². The third-order valence-electron chi connectivity index (χ3n) is 4.01. The maximum atomic E-state index is 10.6. The Morgan fingerprint density at radius 3 is 2.59 bits per heavy atom. The highest BCUT2D eigenvalue weighted by Crippen LogP contribution is 2.31. The Bertz CT molecular complexity index is 628. The molecule has 118 valence electrons. The summed E-state index contributed by atoms with van der Waals surface area (Å²) in [5.41, 5.74) is 1.43. The molecule has 0 atom stereocenters. The monoisotopic (exact) mass is 301 g/mol. The van der Waals surface area contributed by atoms with Gasteiger partial charge < -0.3 is 5.11 Å². The van der Waals surface area contributed by atoms with E-state index in [0.29, 0.717) is 24.8 Å². The van der Waals surface area contributed by atoms with Crippen molar-refractivity contribution in [1.82, 2.24) is 24.6 Å². The summed E-state index contributed by atoms with van der Waals surface area (Å²) in [5, 5.41) is 14.6. The molecule has 1 fully saturated rings. The predicted molar refractivity (Wildman–Crippen MR) is 83.0 cm³/mol. The second kappa shape index (κ2) is 5.78. The average Bonchev–Trinajstić information content (AvgIpc) is 2.85. The van der Waals surface area contributed by atoms with Crippen molar-refractivity contribution in [1.29, 1.82) is 0 Å². The van der Waals surface area contributed by atoms with E-state index in [9.17, 15) is 5.11 Å². The van der Waals surface area contributed by atoms with Crippen LogP contribution in [0.15, 0.2) is 24.7 Å². The molecule has 1 aliphatic heterocycles. The molecule has 1 saturated heterocycles. The van der Waals surface area contributed by atoms with Gasteiger partial charge in [-0.2, -0.15) is 5.10 Å². The van der Waals surface area contributed by atoms with Gasteiger partial charge in [0.1, 0.15) is 11.9 Å². The van der Waals surface area contributed by atoms with E-state index in [2.05, 4.69) is 45.9 Å². The first-order valence-electron chi connectivity index (χ1n) is 7.69. The van der Waals surface area contributed by atoms with Gasteiger partial charge in [-0.25, -0.2) is 4.98 Å². The first-order chi connectivity index (χ1) is 10.5. The molecule has 2 aromatic rings. The zero-order chi connectivity index (χ0) is 15.7. The molecule has 2 aromatic heterocycles. The Labute approximate surface area is 130 Å². The van der Waals surface area contributed by atoms with Crippen LogP contribution in [0.3, 0.4) is 0 Å². The first kappa shape index (κ1) is 15.1. The average molecular weight is 301 g/mol. The van der Waals surface area contributed by atoms with Crippen LogP contribution in [0.5, 0.6) is 0 Å². The summed E-state index contributed by atoms with van der Waals surface area (Å²) in [7, 11) is 1.81. The first-order valence-corrected chi connectivity index (χ1v) is 7.69. The second-order valence-electron chi connectivity index (χ2n) is 6.64. The molecule has 0 aromatic carbocycles. The van der Waals surface area contributed by atoms with Crippen LogP contribution in [0.4, 0.5) is 0 Å². The van der Waals surface area contributed by atoms with E-state index in [1.54, 1.807) is 11.7 Å². The standard InChI is InChI=1S/C16H23N5O/c1-12(2)6-14-5-4-13(7-17-14)8-21-9-16(22,10-21)15-18-11-19-20(15)3/h4-5,7,11-12,22H,6,8-10H2,1-3H3. The van der Waals surface area contributed by atoms with E-state index in [-0.39, 0.29) is 0 Å². The van der Waals surface area contributed by atoms with Crippen molar-refractivity contribution >= 4 is 0 Å². The van der Waals surface area contributed by atoms with Gasteiger partial charge in [0.2, 0.25) is 0 Å². The fourth-order valence-corrected chi connectivity index (χ4v) is 3.01. The van der Waals surface area contributed by atoms with Crippen LogP contribution in [0, 0.1) is 5.92 Å². The molecule has 22 heavy (non-hydrogen) atoms. The molecule has 0 saturated carbocycles. The van der Waals surface area contributed by atoms with E-state index >= 15 is 0 Å². The minimum atomic E-state index is -0.879. The van der Waals surface area contributed by atoms with Crippen LogP contribution >= 0.6 is 0 Å².